The molecule has 17 heteroatoms. The number of anilines is 1. The highest BCUT2D eigenvalue weighted by Gasteiger charge is 2.59. The summed E-state index contributed by atoms with van der Waals surface area (Å²) in [7, 11) is 1.67. The molecule has 2 aromatic carbocycles. The Balaban J connectivity index is 1.28. The van der Waals surface area contributed by atoms with Crippen molar-refractivity contribution in [2.45, 2.75) is 49.1 Å². The molecule has 51 heavy (non-hydrogen) atoms. The van der Waals surface area contributed by atoms with Gasteiger partial charge in [0.25, 0.3) is 0 Å². The summed E-state index contributed by atoms with van der Waals surface area (Å²) in [6.07, 6.45) is -7.51. The average Bonchev–Trinajstić information content (AvgIpc) is 3.77. The number of benzene rings is 2. The fraction of sp³-hybridized carbons (Fsp3) is 0.412. The summed E-state index contributed by atoms with van der Waals surface area (Å²) >= 11 is 0. The number of rotatable bonds is 14. The summed E-state index contributed by atoms with van der Waals surface area (Å²) in [5.74, 6) is -1.56. The van der Waals surface area contributed by atoms with Gasteiger partial charge in [0.1, 0.15) is 52.7 Å². The van der Waals surface area contributed by atoms with Gasteiger partial charge in [-0.15, -0.1) is 0 Å². The molecule has 0 radical (unpaired) electrons. The molecule has 4 heterocycles. The van der Waals surface area contributed by atoms with Crippen LogP contribution in [0.15, 0.2) is 57.7 Å². The lowest BCUT2D eigenvalue weighted by Gasteiger charge is -2.47. The maximum atomic E-state index is 13.4. The molecule has 6 atom stereocenters. The zero-order valence-electron chi connectivity index (χ0n) is 27.6. The molecule has 4 aromatic rings. The minimum atomic E-state index is -2.40. The van der Waals surface area contributed by atoms with Crippen LogP contribution in [0.5, 0.6) is 23.0 Å². The number of hydrogen-bond acceptors (Lipinski definition) is 15. The summed E-state index contributed by atoms with van der Waals surface area (Å²) in [5.41, 5.74) is 4.03. The SMILES string of the molecule is CNCCOc1c(O[C@@H]2O[C@H](C(=O)O)[C@](O)(C[C@H]3CNCN3)[C@@H](O)[C@H]2O)cc2oc(-c3ccc(OCCc4ccc(N)[nH]4)cc3)cc(=O)c2c1O. The quantitative estimate of drug-likeness (QED) is 0.0762. The third-order valence-electron chi connectivity index (χ3n) is 8.85. The highest BCUT2D eigenvalue weighted by atomic mass is 16.7. The van der Waals surface area contributed by atoms with Gasteiger partial charge in [-0.25, -0.2) is 4.79 Å². The molecule has 0 unspecified atom stereocenters. The Labute approximate surface area is 290 Å². The van der Waals surface area contributed by atoms with Gasteiger partial charge in [0.2, 0.25) is 12.0 Å². The van der Waals surface area contributed by atoms with Crippen LogP contribution >= 0.6 is 0 Å². The molecule has 274 valence electrons. The number of carboxylic acids is 1. The second-order valence-electron chi connectivity index (χ2n) is 12.4. The highest BCUT2D eigenvalue weighted by Crippen LogP contribution is 2.44. The Morgan fingerprint density at radius 2 is 1.90 bits per heavy atom. The predicted octanol–water partition coefficient (Wildman–Crippen LogP) is -0.154. The second kappa shape index (κ2) is 15.2. The van der Waals surface area contributed by atoms with E-state index in [0.29, 0.717) is 49.9 Å². The zero-order valence-corrected chi connectivity index (χ0v) is 27.6. The number of phenols is 1. The van der Waals surface area contributed by atoms with Gasteiger partial charge >= 0.3 is 5.97 Å². The number of nitrogen functional groups attached to an aromatic ring is 1. The van der Waals surface area contributed by atoms with Crippen molar-refractivity contribution in [2.24, 2.45) is 0 Å². The number of phenolic OH excluding ortho intramolecular Hbond substituents is 1. The van der Waals surface area contributed by atoms with Gasteiger partial charge in [-0.05, 0) is 49.9 Å². The first kappa shape index (κ1) is 35.9. The molecule has 2 aromatic heterocycles. The van der Waals surface area contributed by atoms with Crippen molar-refractivity contribution in [3.63, 3.8) is 0 Å². The summed E-state index contributed by atoms with van der Waals surface area (Å²) < 4.78 is 29.1. The normalized spacial score (nSPS) is 24.8. The van der Waals surface area contributed by atoms with E-state index in [9.17, 15) is 35.1 Å². The van der Waals surface area contributed by atoms with E-state index < -0.39 is 53.4 Å². The van der Waals surface area contributed by atoms with E-state index in [1.807, 2.05) is 6.07 Å². The lowest BCUT2D eigenvalue weighted by Crippen LogP contribution is -2.70. The van der Waals surface area contributed by atoms with E-state index in [0.717, 1.165) is 5.69 Å². The van der Waals surface area contributed by atoms with Crippen molar-refractivity contribution in [3.8, 4) is 34.3 Å². The largest absolute Gasteiger partial charge is 0.504 e. The Morgan fingerprint density at radius 3 is 2.57 bits per heavy atom. The predicted molar refractivity (Wildman–Crippen MR) is 182 cm³/mol. The number of carbonyl (C=O) groups is 1. The average molecular weight is 712 g/mol. The van der Waals surface area contributed by atoms with E-state index in [-0.39, 0.29) is 41.3 Å². The van der Waals surface area contributed by atoms with E-state index in [1.165, 1.54) is 12.1 Å². The van der Waals surface area contributed by atoms with Crippen molar-refractivity contribution < 1.29 is 53.7 Å². The van der Waals surface area contributed by atoms with Crippen molar-refractivity contribution in [3.05, 3.63) is 64.4 Å². The van der Waals surface area contributed by atoms with E-state index in [1.54, 1.807) is 37.4 Å². The number of aromatic hydroxyl groups is 1. The Bertz CT molecular complexity index is 1890. The number of nitrogens with two attached hydrogens (primary N) is 1. The molecule has 0 spiro atoms. The number of aliphatic carboxylic acids is 1. The van der Waals surface area contributed by atoms with Crippen LogP contribution in [0.2, 0.25) is 0 Å². The first-order chi connectivity index (χ1) is 24.5. The number of likely N-dealkylation sites (N-methyl/N-ethyl adjacent to an activating group) is 1. The minimum absolute atomic E-state index is 0.000547. The van der Waals surface area contributed by atoms with Gasteiger partial charge in [-0.2, -0.15) is 0 Å². The number of fused-ring (bicyclic) bond motifs is 1. The maximum absolute atomic E-state index is 13.4. The second-order valence-corrected chi connectivity index (χ2v) is 12.4. The number of aliphatic hydroxyl groups excluding tert-OH is 2. The van der Waals surface area contributed by atoms with Crippen LogP contribution in [0.1, 0.15) is 12.1 Å². The number of ether oxygens (including phenoxy) is 4. The monoisotopic (exact) mass is 711 g/mol. The van der Waals surface area contributed by atoms with Gasteiger partial charge in [-0.3, -0.25) is 4.79 Å². The molecule has 17 nitrogen and oxygen atoms in total. The molecule has 11 N–H and O–H groups in total. The molecule has 2 aliphatic heterocycles. The van der Waals surface area contributed by atoms with Crippen molar-refractivity contribution in [1.82, 2.24) is 20.9 Å². The van der Waals surface area contributed by atoms with Gasteiger partial charge in [0.05, 0.1) is 6.61 Å². The molecule has 6 rings (SSSR count). The Morgan fingerprint density at radius 1 is 1.12 bits per heavy atom. The molecule has 2 fully saturated rings. The topological polar surface area (TPSA) is 263 Å². The smallest absolute Gasteiger partial charge is 0.336 e. The first-order valence-corrected chi connectivity index (χ1v) is 16.3. The van der Waals surface area contributed by atoms with Crippen LogP contribution in [-0.2, 0) is 16.0 Å². The number of aromatic nitrogens is 1. The number of aliphatic hydroxyl groups is 3. The molecule has 2 saturated heterocycles. The third kappa shape index (κ3) is 7.59. The fourth-order valence-corrected chi connectivity index (χ4v) is 6.21. The van der Waals surface area contributed by atoms with Crippen molar-refractivity contribution in [1.29, 1.82) is 0 Å². The van der Waals surface area contributed by atoms with Crippen LogP contribution < -0.4 is 41.3 Å². The van der Waals surface area contributed by atoms with Crippen LogP contribution in [0.25, 0.3) is 22.3 Å². The maximum Gasteiger partial charge on any atom is 0.336 e. The van der Waals surface area contributed by atoms with Crippen LogP contribution in [0, 0.1) is 0 Å². The Hall–Kier alpha value is -4.88. The first-order valence-electron chi connectivity index (χ1n) is 16.3. The summed E-state index contributed by atoms with van der Waals surface area (Å²) in [6, 6.07) is 12.5. The molecular formula is C34H41N5O12. The summed E-state index contributed by atoms with van der Waals surface area (Å²) in [5, 5.41) is 63.5. The van der Waals surface area contributed by atoms with Crippen molar-refractivity contribution in [2.75, 3.05) is 45.8 Å². The molecular weight excluding hydrogens is 670 g/mol. The van der Waals surface area contributed by atoms with E-state index in [2.05, 4.69) is 20.9 Å². The highest BCUT2D eigenvalue weighted by molar-refractivity contribution is 5.89. The molecule has 0 bridgehead atoms. The number of carboxylic acid groups (broad SMARTS) is 1. The molecule has 0 amide bonds. The third-order valence-corrected chi connectivity index (χ3v) is 8.85. The van der Waals surface area contributed by atoms with Gasteiger partial charge < -0.3 is 75.6 Å². The number of aromatic amines is 1. The lowest BCUT2D eigenvalue weighted by molar-refractivity contribution is -0.307. The van der Waals surface area contributed by atoms with Crippen molar-refractivity contribution >= 4 is 22.8 Å². The standard InChI is InChI=1S/C34H41N5O12/c1-36-9-11-48-29-24(50-33-28(42)30(43)34(46,31(51-33)32(44)45)14-19-15-37-16-38-19)13-23-26(27(29)41)21(40)12-22(49-23)17-2-5-20(6-3-17)47-10-8-18-4-7-25(35)39-18/h2-7,12-13,19,28,30-31,33,36-39,41-43,46H,8-11,14-16,35H2,1H3,(H,44,45)/t19-,28+,30-,31+,33+,34-/m0/s1. The van der Waals surface area contributed by atoms with Gasteiger partial charge in [0, 0.05) is 55.6 Å². The summed E-state index contributed by atoms with van der Waals surface area (Å²) in [6.45, 7) is 1.51. The van der Waals surface area contributed by atoms with Crippen LogP contribution in [0.3, 0.4) is 0 Å². The number of hydrogen-bond donors (Lipinski definition) is 10. The van der Waals surface area contributed by atoms with Crippen LogP contribution in [-0.4, -0.2) is 113 Å². The zero-order chi connectivity index (χ0) is 36.3. The lowest BCUT2D eigenvalue weighted by atomic mass is 9.79. The molecule has 0 aliphatic carbocycles. The van der Waals surface area contributed by atoms with E-state index in [4.69, 9.17) is 29.1 Å². The van der Waals surface area contributed by atoms with Gasteiger partial charge in [0.15, 0.2) is 23.0 Å². The Kier molecular flexibility index (Phi) is 10.7. The molecule has 2 aliphatic rings. The number of H-pyrrole nitrogens is 1. The summed E-state index contributed by atoms with van der Waals surface area (Å²) in [4.78, 5) is 28.7. The van der Waals surface area contributed by atoms with Crippen LogP contribution in [0.4, 0.5) is 5.82 Å². The van der Waals surface area contributed by atoms with E-state index >= 15 is 0 Å². The number of nitrogens with one attached hydrogen (secondary N) is 4. The fourth-order valence-electron chi connectivity index (χ4n) is 6.21. The minimum Gasteiger partial charge on any atom is -0.504 e. The van der Waals surface area contributed by atoms with Gasteiger partial charge in [-0.1, -0.05) is 0 Å². The molecule has 0 saturated carbocycles.